The summed E-state index contributed by atoms with van der Waals surface area (Å²) >= 11 is 1.47. The highest BCUT2D eigenvalue weighted by Crippen LogP contribution is 2.32. The van der Waals surface area contributed by atoms with Crippen LogP contribution in [-0.4, -0.2) is 40.8 Å². The molecule has 3 rings (SSSR count). The standard InChI is InChI=1S/C17H18N2O4S/c1-17(23,13-8-11-4-2-3-5-12(11)24-13)10-18-14(20)9-19-15(21)6-7-16(19)22/h2-5,8,23H,6-7,9-10H2,1H3,(H,18,20)/t17-/m1/s1. The molecule has 6 nitrogen and oxygen atoms in total. The van der Waals surface area contributed by atoms with Gasteiger partial charge in [0.05, 0.1) is 6.54 Å². The fraction of sp³-hybridized carbons (Fsp3) is 0.353. The fourth-order valence-electron chi connectivity index (χ4n) is 2.60. The first-order valence-electron chi connectivity index (χ1n) is 7.68. The van der Waals surface area contributed by atoms with Crippen LogP contribution in [0.4, 0.5) is 0 Å². The number of hydrogen-bond donors (Lipinski definition) is 2. The number of thiophene rings is 1. The molecule has 1 aromatic carbocycles. The second kappa shape index (κ2) is 6.33. The zero-order valence-electron chi connectivity index (χ0n) is 13.2. The molecule has 0 unspecified atom stereocenters. The van der Waals surface area contributed by atoms with E-state index >= 15 is 0 Å². The summed E-state index contributed by atoms with van der Waals surface area (Å²) < 4.78 is 1.06. The van der Waals surface area contributed by atoms with Gasteiger partial charge in [0.1, 0.15) is 12.1 Å². The number of fused-ring (bicyclic) bond motifs is 1. The van der Waals surface area contributed by atoms with Gasteiger partial charge in [0.2, 0.25) is 17.7 Å². The number of amides is 3. The van der Waals surface area contributed by atoms with E-state index < -0.39 is 11.5 Å². The van der Waals surface area contributed by atoms with Crippen LogP contribution in [0, 0.1) is 0 Å². The average Bonchev–Trinajstić information content (AvgIpc) is 3.12. The van der Waals surface area contributed by atoms with E-state index in [-0.39, 0.29) is 37.7 Å². The van der Waals surface area contributed by atoms with Crippen molar-refractivity contribution in [1.29, 1.82) is 0 Å². The van der Waals surface area contributed by atoms with Crippen molar-refractivity contribution >= 4 is 39.1 Å². The lowest BCUT2D eigenvalue weighted by molar-refractivity contribution is -0.142. The summed E-state index contributed by atoms with van der Waals surface area (Å²) in [5.41, 5.74) is -1.22. The zero-order chi connectivity index (χ0) is 17.3. The van der Waals surface area contributed by atoms with Gasteiger partial charge in [-0.05, 0) is 24.4 Å². The van der Waals surface area contributed by atoms with Crippen LogP contribution < -0.4 is 5.32 Å². The normalized spacial score (nSPS) is 17.3. The molecule has 126 valence electrons. The van der Waals surface area contributed by atoms with Crippen molar-refractivity contribution in [2.45, 2.75) is 25.4 Å². The Kier molecular flexibility index (Phi) is 4.38. The summed E-state index contributed by atoms with van der Waals surface area (Å²) in [7, 11) is 0. The number of rotatable bonds is 5. The third-order valence-electron chi connectivity index (χ3n) is 4.04. The smallest absolute Gasteiger partial charge is 0.240 e. The molecule has 1 aliphatic heterocycles. The van der Waals surface area contributed by atoms with Crippen LogP contribution in [0.3, 0.4) is 0 Å². The highest BCUT2D eigenvalue weighted by Gasteiger charge is 2.31. The van der Waals surface area contributed by atoms with Crippen LogP contribution in [0.15, 0.2) is 30.3 Å². The topological polar surface area (TPSA) is 86.7 Å². The average molecular weight is 346 g/mol. The van der Waals surface area contributed by atoms with Crippen molar-refractivity contribution < 1.29 is 19.5 Å². The molecule has 0 bridgehead atoms. The lowest BCUT2D eigenvalue weighted by atomic mass is 10.0. The Labute approximate surface area is 143 Å². The first kappa shape index (κ1) is 16.6. The van der Waals surface area contributed by atoms with Gasteiger partial charge in [-0.25, -0.2) is 0 Å². The van der Waals surface area contributed by atoms with E-state index in [9.17, 15) is 19.5 Å². The molecule has 1 aliphatic rings. The molecule has 1 aromatic heterocycles. The van der Waals surface area contributed by atoms with Crippen molar-refractivity contribution in [2.75, 3.05) is 13.1 Å². The highest BCUT2D eigenvalue weighted by atomic mass is 32.1. The maximum atomic E-state index is 12.0. The predicted octanol–water partition coefficient (Wildman–Crippen LogP) is 1.37. The molecule has 2 heterocycles. The lowest BCUT2D eigenvalue weighted by Crippen LogP contribution is -2.44. The summed E-state index contributed by atoms with van der Waals surface area (Å²) in [4.78, 5) is 36.7. The van der Waals surface area contributed by atoms with Gasteiger partial charge in [-0.15, -0.1) is 11.3 Å². The van der Waals surface area contributed by atoms with E-state index in [2.05, 4.69) is 5.32 Å². The van der Waals surface area contributed by atoms with Crippen LogP contribution in [0.5, 0.6) is 0 Å². The number of hydrogen-bond acceptors (Lipinski definition) is 5. The first-order valence-corrected chi connectivity index (χ1v) is 8.50. The van der Waals surface area contributed by atoms with E-state index in [1.54, 1.807) is 6.92 Å². The number of imide groups is 1. The number of carbonyl (C=O) groups is 3. The largest absolute Gasteiger partial charge is 0.383 e. The van der Waals surface area contributed by atoms with Crippen molar-refractivity contribution in [3.8, 4) is 0 Å². The Morgan fingerprint density at radius 1 is 1.29 bits per heavy atom. The van der Waals surface area contributed by atoms with Crippen LogP contribution in [-0.2, 0) is 20.0 Å². The molecular formula is C17H18N2O4S. The minimum atomic E-state index is -1.22. The SMILES string of the molecule is C[C@@](O)(CNC(=O)CN1C(=O)CCC1=O)c1cc2ccccc2s1. The summed E-state index contributed by atoms with van der Waals surface area (Å²) in [6.45, 7) is 1.35. The van der Waals surface area contributed by atoms with Crippen LogP contribution >= 0.6 is 11.3 Å². The van der Waals surface area contributed by atoms with E-state index in [1.165, 1.54) is 11.3 Å². The van der Waals surface area contributed by atoms with E-state index in [0.29, 0.717) is 0 Å². The van der Waals surface area contributed by atoms with Crippen molar-refractivity contribution in [1.82, 2.24) is 10.2 Å². The zero-order valence-corrected chi connectivity index (χ0v) is 14.1. The van der Waals surface area contributed by atoms with Gasteiger partial charge < -0.3 is 10.4 Å². The molecule has 0 saturated carbocycles. The van der Waals surface area contributed by atoms with E-state index in [0.717, 1.165) is 19.9 Å². The maximum Gasteiger partial charge on any atom is 0.240 e. The Morgan fingerprint density at radius 3 is 2.62 bits per heavy atom. The molecular weight excluding hydrogens is 328 g/mol. The number of carbonyl (C=O) groups excluding carboxylic acids is 3. The highest BCUT2D eigenvalue weighted by molar-refractivity contribution is 7.19. The first-order chi connectivity index (χ1) is 11.4. The van der Waals surface area contributed by atoms with Gasteiger partial charge in [-0.1, -0.05) is 18.2 Å². The third kappa shape index (κ3) is 3.32. The molecule has 3 amide bonds. The van der Waals surface area contributed by atoms with Crippen LogP contribution in [0.25, 0.3) is 10.1 Å². The minimum absolute atomic E-state index is 0.00881. The van der Waals surface area contributed by atoms with Crippen LogP contribution in [0.2, 0.25) is 0 Å². The fourth-order valence-corrected chi connectivity index (χ4v) is 3.71. The Balaban J connectivity index is 1.63. The number of nitrogens with zero attached hydrogens (tertiary/aromatic N) is 1. The van der Waals surface area contributed by atoms with Gasteiger partial charge in [0.15, 0.2) is 0 Å². The van der Waals surface area contributed by atoms with Crippen molar-refractivity contribution in [2.24, 2.45) is 0 Å². The third-order valence-corrected chi connectivity index (χ3v) is 5.41. The predicted molar refractivity (Wildman–Crippen MR) is 90.4 cm³/mol. The molecule has 2 aromatic rings. The molecule has 1 saturated heterocycles. The second-order valence-corrected chi connectivity index (χ2v) is 7.16. The van der Waals surface area contributed by atoms with Crippen molar-refractivity contribution in [3.63, 3.8) is 0 Å². The molecule has 2 N–H and O–H groups in total. The van der Waals surface area contributed by atoms with Gasteiger partial charge in [0.25, 0.3) is 0 Å². The molecule has 1 atom stereocenters. The summed E-state index contributed by atoms with van der Waals surface area (Å²) in [6.07, 6.45) is 0.317. The van der Waals surface area contributed by atoms with Gasteiger partial charge >= 0.3 is 0 Å². The summed E-state index contributed by atoms with van der Waals surface area (Å²) in [6, 6.07) is 9.71. The Morgan fingerprint density at radius 2 is 1.96 bits per heavy atom. The molecule has 0 radical (unpaired) electrons. The summed E-state index contributed by atoms with van der Waals surface area (Å²) in [5.74, 6) is -1.11. The minimum Gasteiger partial charge on any atom is -0.383 e. The molecule has 0 spiro atoms. The van der Waals surface area contributed by atoms with Gasteiger partial charge in [-0.3, -0.25) is 19.3 Å². The number of benzene rings is 1. The molecule has 1 fully saturated rings. The molecule has 7 heteroatoms. The monoisotopic (exact) mass is 346 g/mol. The number of aliphatic hydroxyl groups is 1. The van der Waals surface area contributed by atoms with Crippen LogP contribution in [0.1, 0.15) is 24.6 Å². The van der Waals surface area contributed by atoms with Crippen molar-refractivity contribution in [3.05, 3.63) is 35.2 Å². The molecule has 24 heavy (non-hydrogen) atoms. The number of nitrogens with one attached hydrogen (secondary N) is 1. The Hall–Kier alpha value is -2.25. The summed E-state index contributed by atoms with van der Waals surface area (Å²) in [5, 5.41) is 14.3. The number of likely N-dealkylation sites (tertiary alicyclic amines) is 1. The van der Waals surface area contributed by atoms with E-state index in [4.69, 9.17) is 0 Å². The Bertz CT molecular complexity index is 763. The second-order valence-electron chi connectivity index (χ2n) is 6.07. The van der Waals surface area contributed by atoms with E-state index in [1.807, 2.05) is 30.3 Å². The molecule has 0 aliphatic carbocycles. The maximum absolute atomic E-state index is 12.0. The van der Waals surface area contributed by atoms with Gasteiger partial charge in [0, 0.05) is 22.4 Å². The lowest BCUT2D eigenvalue weighted by Gasteiger charge is -2.23. The quantitative estimate of drug-likeness (QED) is 0.801. The van der Waals surface area contributed by atoms with Gasteiger partial charge in [-0.2, -0.15) is 0 Å².